The van der Waals surface area contributed by atoms with Crippen molar-refractivity contribution in [3.63, 3.8) is 0 Å². The van der Waals surface area contributed by atoms with E-state index in [1.807, 2.05) is 59.5 Å². The van der Waals surface area contributed by atoms with E-state index in [0.717, 1.165) is 23.3 Å². The van der Waals surface area contributed by atoms with Crippen molar-refractivity contribution < 1.29 is 14.3 Å². The van der Waals surface area contributed by atoms with Crippen molar-refractivity contribution in [3.8, 4) is 5.75 Å². The largest absolute Gasteiger partial charge is 0.489 e. The molecule has 0 aromatic heterocycles. The molecule has 0 fully saturated rings. The zero-order valence-electron chi connectivity index (χ0n) is 17.4. The van der Waals surface area contributed by atoms with Crippen LogP contribution in [0.25, 0.3) is 0 Å². The van der Waals surface area contributed by atoms with Gasteiger partial charge in [-0.1, -0.05) is 56.3 Å². The van der Waals surface area contributed by atoms with Gasteiger partial charge in [0.2, 0.25) is 0 Å². The number of amides is 3. The van der Waals surface area contributed by atoms with E-state index in [9.17, 15) is 9.59 Å². The first-order valence-corrected chi connectivity index (χ1v) is 10.4. The molecule has 4 rings (SSSR count). The third-order valence-electron chi connectivity index (χ3n) is 5.46. The summed E-state index contributed by atoms with van der Waals surface area (Å²) in [6, 6.07) is 16.8. The van der Waals surface area contributed by atoms with Crippen LogP contribution >= 0.6 is 0 Å². The maximum Gasteiger partial charge on any atom is 0.319 e. The first-order chi connectivity index (χ1) is 14.5. The molecule has 2 aliphatic heterocycles. The molecule has 0 saturated carbocycles. The van der Waals surface area contributed by atoms with Crippen LogP contribution in [0.1, 0.15) is 37.4 Å². The number of nitrogens with one attached hydrogen (secondary N) is 2. The third kappa shape index (κ3) is 4.32. The summed E-state index contributed by atoms with van der Waals surface area (Å²) < 4.78 is 5.85. The van der Waals surface area contributed by atoms with Crippen molar-refractivity contribution in [3.05, 3.63) is 77.0 Å². The molecule has 156 valence electrons. The Morgan fingerprint density at radius 1 is 1.07 bits per heavy atom. The highest BCUT2D eigenvalue weighted by molar-refractivity contribution is 6.01. The number of hydrogen-bond acceptors (Lipinski definition) is 3. The number of rotatable bonds is 7. The van der Waals surface area contributed by atoms with E-state index in [1.54, 1.807) is 0 Å². The average molecular weight is 405 g/mol. The van der Waals surface area contributed by atoms with Gasteiger partial charge in [-0.3, -0.25) is 4.79 Å². The molecule has 30 heavy (non-hydrogen) atoms. The minimum Gasteiger partial charge on any atom is -0.489 e. The van der Waals surface area contributed by atoms with Crippen LogP contribution in [0.2, 0.25) is 0 Å². The second kappa shape index (κ2) is 8.61. The van der Waals surface area contributed by atoms with Gasteiger partial charge in [-0.2, -0.15) is 0 Å². The highest BCUT2D eigenvalue weighted by atomic mass is 16.5. The van der Waals surface area contributed by atoms with E-state index in [0.29, 0.717) is 36.9 Å². The van der Waals surface area contributed by atoms with Crippen LogP contribution in [0.15, 0.2) is 65.9 Å². The minimum absolute atomic E-state index is 0.00689. The van der Waals surface area contributed by atoms with Gasteiger partial charge in [0.15, 0.2) is 0 Å². The van der Waals surface area contributed by atoms with Crippen LogP contribution in [0.4, 0.5) is 4.79 Å². The standard InChI is InChI=1S/C24H27N3O3/c1-16(2)12-13-27-14-20-21(23(27)28)22(26-24(29)25-20)18-8-10-19(11-9-18)30-15-17-6-4-3-5-7-17/h3-11,16,22H,12-15H2,1-2H3,(H2,25,26,29)/t22-/m0/s1. The number of carbonyl (C=O) groups excluding carboxylic acids is 2. The topological polar surface area (TPSA) is 70.7 Å². The second-order valence-corrected chi connectivity index (χ2v) is 8.18. The highest BCUT2D eigenvalue weighted by Crippen LogP contribution is 2.33. The van der Waals surface area contributed by atoms with Crippen LogP contribution in [0.3, 0.4) is 0 Å². The normalized spacial score (nSPS) is 18.4. The van der Waals surface area contributed by atoms with E-state index in [-0.39, 0.29) is 11.9 Å². The van der Waals surface area contributed by atoms with Crippen molar-refractivity contribution in [2.24, 2.45) is 5.92 Å². The predicted octanol–water partition coefficient (Wildman–Crippen LogP) is 3.76. The van der Waals surface area contributed by atoms with Crippen LogP contribution in [-0.4, -0.2) is 29.9 Å². The predicted molar refractivity (Wildman–Crippen MR) is 115 cm³/mol. The van der Waals surface area contributed by atoms with Gasteiger partial charge in [0, 0.05) is 6.54 Å². The van der Waals surface area contributed by atoms with Crippen molar-refractivity contribution >= 4 is 11.9 Å². The Kier molecular flexibility index (Phi) is 5.74. The molecular weight excluding hydrogens is 378 g/mol. The summed E-state index contributed by atoms with van der Waals surface area (Å²) in [6.45, 7) is 5.92. The molecule has 3 amide bonds. The summed E-state index contributed by atoms with van der Waals surface area (Å²) in [5.41, 5.74) is 3.31. The fourth-order valence-corrected chi connectivity index (χ4v) is 3.77. The molecule has 1 atom stereocenters. The fourth-order valence-electron chi connectivity index (χ4n) is 3.77. The van der Waals surface area contributed by atoms with Gasteiger partial charge < -0.3 is 20.3 Å². The van der Waals surface area contributed by atoms with Crippen LogP contribution in [0.5, 0.6) is 5.75 Å². The van der Waals surface area contributed by atoms with E-state index < -0.39 is 6.04 Å². The summed E-state index contributed by atoms with van der Waals surface area (Å²) >= 11 is 0. The van der Waals surface area contributed by atoms with Gasteiger partial charge in [0.1, 0.15) is 12.4 Å². The lowest BCUT2D eigenvalue weighted by Gasteiger charge is -2.25. The van der Waals surface area contributed by atoms with E-state index in [4.69, 9.17) is 4.74 Å². The fraction of sp³-hybridized carbons (Fsp3) is 0.333. The molecule has 6 heteroatoms. The van der Waals surface area contributed by atoms with E-state index in [1.165, 1.54) is 0 Å². The first-order valence-electron chi connectivity index (χ1n) is 10.4. The smallest absolute Gasteiger partial charge is 0.319 e. The summed E-state index contributed by atoms with van der Waals surface area (Å²) in [4.78, 5) is 27.0. The zero-order chi connectivity index (χ0) is 21.1. The highest BCUT2D eigenvalue weighted by Gasteiger charge is 2.40. The Bertz CT molecular complexity index is 951. The number of urea groups is 1. The lowest BCUT2D eigenvalue weighted by molar-refractivity contribution is -0.125. The molecule has 0 saturated heterocycles. The van der Waals surface area contributed by atoms with Crippen molar-refractivity contribution in [2.45, 2.75) is 32.9 Å². The number of carbonyl (C=O) groups is 2. The molecule has 0 spiro atoms. The zero-order valence-corrected chi connectivity index (χ0v) is 17.4. The monoisotopic (exact) mass is 405 g/mol. The Morgan fingerprint density at radius 2 is 1.80 bits per heavy atom. The Labute approximate surface area is 176 Å². The second-order valence-electron chi connectivity index (χ2n) is 8.18. The van der Waals surface area contributed by atoms with Crippen LogP contribution in [-0.2, 0) is 11.4 Å². The SMILES string of the molecule is CC(C)CCN1CC2=C(C1=O)[C@H](c1ccc(OCc3ccccc3)cc1)NC(=O)N2. The summed E-state index contributed by atoms with van der Waals surface area (Å²) in [5, 5.41) is 5.72. The van der Waals surface area contributed by atoms with Gasteiger partial charge in [-0.25, -0.2) is 4.79 Å². The Morgan fingerprint density at radius 3 is 2.50 bits per heavy atom. The Balaban J connectivity index is 1.47. The van der Waals surface area contributed by atoms with Gasteiger partial charge in [0.25, 0.3) is 5.91 Å². The molecule has 0 aliphatic carbocycles. The molecule has 2 aromatic rings. The van der Waals surface area contributed by atoms with Gasteiger partial charge in [0.05, 0.1) is 23.9 Å². The van der Waals surface area contributed by atoms with Crippen molar-refractivity contribution in [1.82, 2.24) is 15.5 Å². The lowest BCUT2D eigenvalue weighted by atomic mass is 9.96. The number of ether oxygens (including phenoxy) is 1. The molecule has 0 radical (unpaired) electrons. The molecule has 2 heterocycles. The lowest BCUT2D eigenvalue weighted by Crippen LogP contribution is -2.44. The first kappa shape index (κ1) is 20.0. The molecule has 0 unspecified atom stereocenters. The number of benzene rings is 2. The van der Waals surface area contributed by atoms with Gasteiger partial charge in [-0.15, -0.1) is 0 Å². The molecule has 2 aliphatic rings. The Hall–Kier alpha value is -3.28. The molecular formula is C24H27N3O3. The maximum absolute atomic E-state index is 13.0. The van der Waals surface area contributed by atoms with Crippen molar-refractivity contribution in [1.29, 1.82) is 0 Å². The summed E-state index contributed by atoms with van der Waals surface area (Å²) in [7, 11) is 0. The van der Waals surface area contributed by atoms with E-state index >= 15 is 0 Å². The number of hydrogen-bond donors (Lipinski definition) is 2. The van der Waals surface area contributed by atoms with Crippen LogP contribution in [0, 0.1) is 5.92 Å². The maximum atomic E-state index is 13.0. The molecule has 0 bridgehead atoms. The summed E-state index contributed by atoms with van der Waals surface area (Å²) in [5.74, 6) is 1.25. The average Bonchev–Trinajstić information content (AvgIpc) is 3.06. The third-order valence-corrected chi connectivity index (χ3v) is 5.46. The van der Waals surface area contributed by atoms with E-state index in [2.05, 4.69) is 24.5 Å². The quantitative estimate of drug-likeness (QED) is 0.737. The minimum atomic E-state index is -0.450. The van der Waals surface area contributed by atoms with Crippen LogP contribution < -0.4 is 15.4 Å². The van der Waals surface area contributed by atoms with Gasteiger partial charge in [-0.05, 0) is 35.6 Å². The van der Waals surface area contributed by atoms with Crippen molar-refractivity contribution in [2.75, 3.05) is 13.1 Å². The molecule has 2 aromatic carbocycles. The molecule has 2 N–H and O–H groups in total. The molecule has 6 nitrogen and oxygen atoms in total. The van der Waals surface area contributed by atoms with Gasteiger partial charge >= 0.3 is 6.03 Å². The summed E-state index contributed by atoms with van der Waals surface area (Å²) in [6.07, 6.45) is 0.936. The number of nitrogens with zero attached hydrogens (tertiary/aromatic N) is 1.